The minimum Gasteiger partial charge on any atom is -0.495 e. The van der Waals surface area contributed by atoms with Gasteiger partial charge in [0.05, 0.1) is 37.5 Å². The maximum absolute atomic E-state index is 13.2. The fourth-order valence-corrected chi connectivity index (χ4v) is 4.13. The Balaban J connectivity index is 1.69. The molecule has 6 heteroatoms. The van der Waals surface area contributed by atoms with Crippen molar-refractivity contribution in [3.05, 3.63) is 36.4 Å². The quantitative estimate of drug-likeness (QED) is 0.617. The first kappa shape index (κ1) is 16.1. The largest absolute Gasteiger partial charge is 0.495 e. The van der Waals surface area contributed by atoms with Gasteiger partial charge in [0.1, 0.15) is 17.3 Å². The molecule has 3 aliphatic rings. The zero-order chi connectivity index (χ0) is 17.8. The molecule has 0 N–H and O–H groups in total. The molecule has 6 nitrogen and oxygen atoms in total. The fraction of sp³-hybridized carbons (Fsp3) is 0.474. The van der Waals surface area contributed by atoms with Crippen molar-refractivity contribution in [2.45, 2.75) is 31.7 Å². The highest BCUT2D eigenvalue weighted by Gasteiger charge is 2.67. The number of hydrogen-bond acceptors (Lipinski definition) is 5. The third kappa shape index (κ3) is 2.28. The molecule has 2 fully saturated rings. The van der Waals surface area contributed by atoms with E-state index in [9.17, 15) is 9.59 Å². The summed E-state index contributed by atoms with van der Waals surface area (Å²) in [4.78, 5) is 27.4. The number of anilines is 1. The minimum atomic E-state index is -0.761. The lowest BCUT2D eigenvalue weighted by atomic mass is 9.77. The van der Waals surface area contributed by atoms with E-state index in [2.05, 4.69) is 0 Å². The molecule has 2 saturated heterocycles. The number of para-hydroxylation sites is 2. The van der Waals surface area contributed by atoms with Crippen molar-refractivity contribution < 1.29 is 23.8 Å². The van der Waals surface area contributed by atoms with Gasteiger partial charge in [0.15, 0.2) is 0 Å². The second kappa shape index (κ2) is 5.59. The first-order chi connectivity index (χ1) is 12.0. The zero-order valence-corrected chi connectivity index (χ0v) is 14.5. The van der Waals surface area contributed by atoms with Gasteiger partial charge in [-0.3, -0.25) is 9.59 Å². The molecule has 25 heavy (non-hydrogen) atoms. The Kier molecular flexibility index (Phi) is 3.61. The average molecular weight is 343 g/mol. The van der Waals surface area contributed by atoms with Gasteiger partial charge < -0.3 is 19.1 Å². The lowest BCUT2D eigenvalue weighted by Gasteiger charge is -2.23. The number of benzene rings is 1. The third-order valence-electron chi connectivity index (χ3n) is 5.10. The van der Waals surface area contributed by atoms with Crippen LogP contribution in [0.2, 0.25) is 0 Å². The third-order valence-corrected chi connectivity index (χ3v) is 5.10. The van der Waals surface area contributed by atoms with Crippen molar-refractivity contribution in [1.82, 2.24) is 0 Å². The van der Waals surface area contributed by atoms with Crippen LogP contribution in [-0.4, -0.2) is 43.3 Å². The Bertz CT molecular complexity index is 758. The number of carbonyl (C=O) groups is 2. The molecule has 0 unspecified atom stereocenters. The van der Waals surface area contributed by atoms with E-state index in [1.54, 1.807) is 25.9 Å². The van der Waals surface area contributed by atoms with Crippen LogP contribution in [0.15, 0.2) is 36.4 Å². The van der Waals surface area contributed by atoms with E-state index in [0.717, 1.165) is 0 Å². The van der Waals surface area contributed by atoms with Gasteiger partial charge >= 0.3 is 5.97 Å². The molecule has 4 rings (SSSR count). The Labute approximate surface area is 146 Å². The molecule has 1 aromatic rings. The van der Waals surface area contributed by atoms with Crippen LogP contribution in [0.5, 0.6) is 5.75 Å². The molecule has 2 bridgehead atoms. The molecule has 1 aromatic carbocycles. The van der Waals surface area contributed by atoms with Crippen LogP contribution < -0.4 is 9.64 Å². The number of rotatable bonds is 4. The normalized spacial score (nSPS) is 32.4. The maximum atomic E-state index is 13.2. The van der Waals surface area contributed by atoms with Gasteiger partial charge in [-0.25, -0.2) is 0 Å². The van der Waals surface area contributed by atoms with Crippen LogP contribution in [0.4, 0.5) is 5.69 Å². The zero-order valence-electron chi connectivity index (χ0n) is 14.5. The smallest absolute Gasteiger partial charge is 0.313 e. The van der Waals surface area contributed by atoms with Crippen molar-refractivity contribution in [3.63, 3.8) is 0 Å². The molecule has 3 aliphatic heterocycles. The summed E-state index contributed by atoms with van der Waals surface area (Å²) in [5.41, 5.74) is -0.0706. The number of fused-ring (bicyclic) bond motifs is 1. The van der Waals surface area contributed by atoms with E-state index in [0.29, 0.717) is 18.0 Å². The van der Waals surface area contributed by atoms with Gasteiger partial charge in [-0.05, 0) is 26.0 Å². The molecule has 0 aromatic heterocycles. The summed E-state index contributed by atoms with van der Waals surface area (Å²) in [7, 11) is 1.57. The van der Waals surface area contributed by atoms with Gasteiger partial charge in [-0.1, -0.05) is 24.3 Å². The van der Waals surface area contributed by atoms with Crippen LogP contribution >= 0.6 is 0 Å². The minimum absolute atomic E-state index is 0.123. The number of nitrogens with zero attached hydrogens (tertiary/aromatic N) is 1. The van der Waals surface area contributed by atoms with Crippen LogP contribution in [-0.2, 0) is 19.1 Å². The van der Waals surface area contributed by atoms with E-state index in [4.69, 9.17) is 14.2 Å². The van der Waals surface area contributed by atoms with Crippen LogP contribution in [0.3, 0.4) is 0 Å². The molecule has 4 atom stereocenters. The topological polar surface area (TPSA) is 65.1 Å². The van der Waals surface area contributed by atoms with E-state index in [1.165, 1.54) is 0 Å². The predicted octanol–water partition coefficient (Wildman–Crippen LogP) is 1.93. The highest BCUT2D eigenvalue weighted by molar-refractivity contribution is 6.03. The summed E-state index contributed by atoms with van der Waals surface area (Å²) in [6.45, 7) is 3.97. The fourth-order valence-electron chi connectivity index (χ4n) is 4.13. The van der Waals surface area contributed by atoms with E-state index >= 15 is 0 Å². The molecule has 132 valence electrons. The van der Waals surface area contributed by atoms with Crippen molar-refractivity contribution in [3.8, 4) is 5.75 Å². The second-order valence-corrected chi connectivity index (χ2v) is 6.98. The van der Waals surface area contributed by atoms with Gasteiger partial charge in [0.2, 0.25) is 5.91 Å². The number of hydrogen-bond donors (Lipinski definition) is 0. The summed E-state index contributed by atoms with van der Waals surface area (Å²) in [6, 6.07) is 7.36. The van der Waals surface area contributed by atoms with Gasteiger partial charge in [-0.15, -0.1) is 0 Å². The summed E-state index contributed by atoms with van der Waals surface area (Å²) >= 11 is 0. The summed E-state index contributed by atoms with van der Waals surface area (Å²) in [5.74, 6) is -1.03. The molecule has 0 radical (unpaired) electrons. The van der Waals surface area contributed by atoms with Crippen LogP contribution in [0.1, 0.15) is 13.8 Å². The average Bonchev–Trinajstić information content (AvgIpc) is 3.22. The Morgan fingerprint density at radius 3 is 2.84 bits per heavy atom. The second-order valence-electron chi connectivity index (χ2n) is 6.98. The number of amides is 1. The number of carbonyl (C=O) groups excluding carboxylic acids is 2. The highest BCUT2D eigenvalue weighted by Crippen LogP contribution is 2.53. The number of esters is 1. The Hall–Kier alpha value is -2.34. The van der Waals surface area contributed by atoms with Crippen molar-refractivity contribution in [2.24, 2.45) is 11.8 Å². The Morgan fingerprint density at radius 2 is 2.12 bits per heavy atom. The van der Waals surface area contributed by atoms with Crippen molar-refractivity contribution >= 4 is 17.6 Å². The highest BCUT2D eigenvalue weighted by atomic mass is 16.6. The molecule has 0 saturated carbocycles. The van der Waals surface area contributed by atoms with Crippen molar-refractivity contribution in [2.75, 3.05) is 18.6 Å². The first-order valence-corrected chi connectivity index (χ1v) is 8.49. The van der Waals surface area contributed by atoms with E-state index < -0.39 is 17.4 Å². The lowest BCUT2D eigenvalue weighted by molar-refractivity contribution is -0.156. The summed E-state index contributed by atoms with van der Waals surface area (Å²) in [5, 5.41) is 0. The Morgan fingerprint density at radius 1 is 1.36 bits per heavy atom. The molecule has 1 amide bonds. The summed E-state index contributed by atoms with van der Waals surface area (Å²) in [6.07, 6.45) is 3.18. The van der Waals surface area contributed by atoms with Gasteiger partial charge in [0, 0.05) is 0 Å². The van der Waals surface area contributed by atoms with Crippen molar-refractivity contribution in [1.29, 1.82) is 0 Å². The number of methoxy groups -OCH3 is 1. The van der Waals surface area contributed by atoms with Gasteiger partial charge in [-0.2, -0.15) is 0 Å². The molecule has 1 spiro atoms. The molecular formula is C19H21NO5. The molecule has 0 aliphatic carbocycles. The van der Waals surface area contributed by atoms with E-state index in [-0.39, 0.29) is 24.1 Å². The monoisotopic (exact) mass is 343 g/mol. The summed E-state index contributed by atoms with van der Waals surface area (Å²) < 4.78 is 16.8. The van der Waals surface area contributed by atoms with Crippen LogP contribution in [0, 0.1) is 11.8 Å². The molecular weight excluding hydrogens is 322 g/mol. The predicted molar refractivity (Wildman–Crippen MR) is 90.3 cm³/mol. The molecule has 3 heterocycles. The van der Waals surface area contributed by atoms with Crippen LogP contribution in [0.25, 0.3) is 0 Å². The van der Waals surface area contributed by atoms with Gasteiger partial charge in [0.25, 0.3) is 0 Å². The lowest BCUT2D eigenvalue weighted by Crippen LogP contribution is -2.40. The van der Waals surface area contributed by atoms with E-state index in [1.807, 2.05) is 36.4 Å². The number of ether oxygens (including phenoxy) is 3. The SMILES string of the molecule is COc1ccccc1N1C[C@@]23C=C[C@H](O2)[C@@H](C(=O)OC(C)C)[C@H]3C1=O. The maximum Gasteiger partial charge on any atom is 0.313 e. The first-order valence-electron chi connectivity index (χ1n) is 8.49. The standard InChI is InChI=1S/C19H21NO5/c1-11(2)24-18(22)15-14-8-9-19(25-14)10-20(17(21)16(15)19)12-6-4-5-7-13(12)23-3/h4-9,11,14-16H,10H2,1-3H3/t14-,15+,16-,19+/m0/s1.